The fourth-order valence-corrected chi connectivity index (χ4v) is 2.46. The molecule has 2 heterocycles. The molecule has 1 aromatic heterocycles. The van der Waals surface area contributed by atoms with Crippen LogP contribution < -0.4 is 0 Å². The molecule has 0 bridgehead atoms. The predicted molar refractivity (Wildman–Crippen MR) is 72.2 cm³/mol. The Hall–Kier alpha value is -1.98. The zero-order valence-electron chi connectivity index (χ0n) is 11.8. The number of amides is 2. The molecule has 1 aliphatic rings. The third-order valence-corrected chi connectivity index (χ3v) is 3.82. The normalized spacial score (nSPS) is 16.2. The largest absolute Gasteiger partial charge is 0.481 e. The summed E-state index contributed by atoms with van der Waals surface area (Å²) in [6.45, 7) is 3.38. The van der Waals surface area contributed by atoms with Gasteiger partial charge < -0.3 is 19.3 Å². The van der Waals surface area contributed by atoms with Crippen LogP contribution in [0.4, 0.5) is 4.79 Å². The number of piperidine rings is 1. The van der Waals surface area contributed by atoms with E-state index in [1.54, 1.807) is 23.1 Å². The van der Waals surface area contributed by atoms with Gasteiger partial charge in [-0.1, -0.05) is 0 Å². The van der Waals surface area contributed by atoms with Crippen molar-refractivity contribution in [1.29, 1.82) is 0 Å². The molecule has 2 amide bonds. The van der Waals surface area contributed by atoms with Crippen molar-refractivity contribution in [2.75, 3.05) is 20.1 Å². The highest BCUT2D eigenvalue weighted by Crippen LogP contribution is 2.19. The SMILES string of the molecule is Cc1occc1CN(C)C(=O)N1CCC(C(=O)O)CC1. The van der Waals surface area contributed by atoms with E-state index < -0.39 is 5.97 Å². The number of aryl methyl sites for hydroxylation is 1. The topological polar surface area (TPSA) is 74.0 Å². The molecule has 0 aliphatic carbocycles. The van der Waals surface area contributed by atoms with Crippen LogP contribution in [-0.2, 0) is 11.3 Å². The first-order chi connectivity index (χ1) is 9.49. The maximum absolute atomic E-state index is 12.3. The molecule has 6 nitrogen and oxygen atoms in total. The average Bonchev–Trinajstić information content (AvgIpc) is 2.83. The van der Waals surface area contributed by atoms with Crippen LogP contribution in [0.2, 0.25) is 0 Å². The summed E-state index contributed by atoms with van der Waals surface area (Å²) in [5.74, 6) is -0.269. The van der Waals surface area contributed by atoms with Crippen LogP contribution in [0, 0.1) is 12.8 Å². The van der Waals surface area contributed by atoms with Crippen LogP contribution in [0.5, 0.6) is 0 Å². The standard InChI is InChI=1S/C14H20N2O4/c1-10-12(5-8-20-10)9-15(2)14(19)16-6-3-11(4-7-16)13(17)18/h5,8,11H,3-4,6-7,9H2,1-2H3,(H,17,18). The van der Waals surface area contributed by atoms with Gasteiger partial charge in [-0.25, -0.2) is 4.79 Å². The molecule has 2 rings (SSSR count). The summed E-state index contributed by atoms with van der Waals surface area (Å²) >= 11 is 0. The van der Waals surface area contributed by atoms with Crippen molar-refractivity contribution in [2.24, 2.45) is 5.92 Å². The number of carboxylic acids is 1. The number of urea groups is 1. The van der Waals surface area contributed by atoms with Gasteiger partial charge in [-0.15, -0.1) is 0 Å². The molecule has 6 heteroatoms. The van der Waals surface area contributed by atoms with Crippen molar-refractivity contribution in [1.82, 2.24) is 9.80 Å². The van der Waals surface area contributed by atoms with E-state index in [0.29, 0.717) is 32.5 Å². The molecule has 20 heavy (non-hydrogen) atoms. The number of hydrogen-bond donors (Lipinski definition) is 1. The molecule has 1 saturated heterocycles. The van der Waals surface area contributed by atoms with Crippen LogP contribution >= 0.6 is 0 Å². The monoisotopic (exact) mass is 280 g/mol. The van der Waals surface area contributed by atoms with Gasteiger partial charge >= 0.3 is 12.0 Å². The van der Waals surface area contributed by atoms with Crippen LogP contribution in [0.1, 0.15) is 24.2 Å². The van der Waals surface area contributed by atoms with Crippen molar-refractivity contribution < 1.29 is 19.1 Å². The number of carboxylic acid groups (broad SMARTS) is 1. The second-order valence-corrected chi connectivity index (χ2v) is 5.24. The number of carbonyl (C=O) groups excluding carboxylic acids is 1. The Morgan fingerprint density at radius 1 is 1.45 bits per heavy atom. The van der Waals surface area contributed by atoms with E-state index >= 15 is 0 Å². The van der Waals surface area contributed by atoms with Gasteiger partial charge in [0.15, 0.2) is 0 Å². The first-order valence-electron chi connectivity index (χ1n) is 6.75. The highest BCUT2D eigenvalue weighted by atomic mass is 16.4. The van der Waals surface area contributed by atoms with Gasteiger partial charge in [-0.05, 0) is 25.8 Å². The Morgan fingerprint density at radius 3 is 2.60 bits per heavy atom. The zero-order valence-corrected chi connectivity index (χ0v) is 11.8. The smallest absolute Gasteiger partial charge is 0.320 e. The summed E-state index contributed by atoms with van der Waals surface area (Å²) in [6.07, 6.45) is 2.67. The van der Waals surface area contributed by atoms with Gasteiger partial charge in [0.25, 0.3) is 0 Å². The van der Waals surface area contributed by atoms with Crippen LogP contribution in [0.25, 0.3) is 0 Å². The molecule has 1 fully saturated rings. The minimum atomic E-state index is -0.764. The predicted octanol–water partition coefficient (Wildman–Crippen LogP) is 1.94. The number of aliphatic carboxylic acids is 1. The van der Waals surface area contributed by atoms with Crippen LogP contribution in [-0.4, -0.2) is 47.0 Å². The highest BCUT2D eigenvalue weighted by molar-refractivity contribution is 5.75. The van der Waals surface area contributed by atoms with Crippen molar-refractivity contribution in [3.05, 3.63) is 23.7 Å². The quantitative estimate of drug-likeness (QED) is 0.918. The van der Waals surface area contributed by atoms with Crippen molar-refractivity contribution >= 4 is 12.0 Å². The van der Waals surface area contributed by atoms with E-state index in [1.165, 1.54) is 0 Å². The molecule has 110 valence electrons. The van der Waals surface area contributed by atoms with Gasteiger partial charge in [-0.3, -0.25) is 4.79 Å². The Bertz CT molecular complexity index is 489. The number of hydrogen-bond acceptors (Lipinski definition) is 3. The molecular weight excluding hydrogens is 260 g/mol. The third kappa shape index (κ3) is 3.12. The fourth-order valence-electron chi connectivity index (χ4n) is 2.46. The minimum absolute atomic E-state index is 0.0607. The summed E-state index contributed by atoms with van der Waals surface area (Å²) < 4.78 is 5.21. The van der Waals surface area contributed by atoms with Crippen molar-refractivity contribution in [3.8, 4) is 0 Å². The van der Waals surface area contributed by atoms with Crippen LogP contribution in [0.3, 0.4) is 0 Å². The van der Waals surface area contributed by atoms with E-state index in [-0.39, 0.29) is 11.9 Å². The number of rotatable bonds is 3. The van der Waals surface area contributed by atoms with E-state index in [4.69, 9.17) is 9.52 Å². The molecular formula is C14H20N2O4. The lowest BCUT2D eigenvalue weighted by atomic mass is 9.97. The molecule has 1 aliphatic heterocycles. The number of carbonyl (C=O) groups is 2. The molecule has 0 spiro atoms. The van der Waals surface area contributed by atoms with E-state index in [9.17, 15) is 9.59 Å². The lowest BCUT2D eigenvalue weighted by molar-refractivity contribution is -0.143. The fraction of sp³-hybridized carbons (Fsp3) is 0.571. The molecule has 1 N–H and O–H groups in total. The van der Waals surface area contributed by atoms with Gasteiger partial charge in [0.1, 0.15) is 5.76 Å². The maximum Gasteiger partial charge on any atom is 0.320 e. The zero-order chi connectivity index (χ0) is 14.7. The summed E-state index contributed by atoms with van der Waals surface area (Å²) in [5.41, 5.74) is 0.987. The Kier molecular flexibility index (Phi) is 4.32. The summed E-state index contributed by atoms with van der Waals surface area (Å²) in [7, 11) is 1.75. The number of likely N-dealkylation sites (tertiary alicyclic amines) is 1. The van der Waals surface area contributed by atoms with Gasteiger partial charge in [0.2, 0.25) is 0 Å². The lowest BCUT2D eigenvalue weighted by Crippen LogP contribution is -2.45. The molecule has 1 aromatic rings. The number of furan rings is 1. The second kappa shape index (κ2) is 5.98. The molecule has 0 aromatic carbocycles. The summed E-state index contributed by atoms with van der Waals surface area (Å²) in [4.78, 5) is 26.5. The van der Waals surface area contributed by atoms with Gasteiger partial charge in [0, 0.05) is 25.7 Å². The Morgan fingerprint density at radius 2 is 2.10 bits per heavy atom. The average molecular weight is 280 g/mol. The Labute approximate surface area is 118 Å². The van der Waals surface area contributed by atoms with E-state index in [2.05, 4.69) is 0 Å². The van der Waals surface area contributed by atoms with E-state index in [0.717, 1.165) is 11.3 Å². The van der Waals surface area contributed by atoms with Gasteiger partial charge in [-0.2, -0.15) is 0 Å². The number of nitrogens with zero attached hydrogens (tertiary/aromatic N) is 2. The Balaban J connectivity index is 1.88. The van der Waals surface area contributed by atoms with Crippen LogP contribution in [0.15, 0.2) is 16.7 Å². The first-order valence-corrected chi connectivity index (χ1v) is 6.75. The summed E-state index contributed by atoms with van der Waals surface area (Å²) in [6, 6.07) is 1.80. The van der Waals surface area contributed by atoms with Gasteiger partial charge in [0.05, 0.1) is 18.7 Å². The van der Waals surface area contributed by atoms with Crippen molar-refractivity contribution in [3.63, 3.8) is 0 Å². The highest BCUT2D eigenvalue weighted by Gasteiger charge is 2.28. The lowest BCUT2D eigenvalue weighted by Gasteiger charge is -2.33. The molecule has 0 radical (unpaired) electrons. The second-order valence-electron chi connectivity index (χ2n) is 5.24. The minimum Gasteiger partial charge on any atom is -0.481 e. The maximum atomic E-state index is 12.3. The van der Waals surface area contributed by atoms with Crippen molar-refractivity contribution in [2.45, 2.75) is 26.3 Å². The molecule has 0 saturated carbocycles. The molecule has 0 unspecified atom stereocenters. The first kappa shape index (κ1) is 14.4. The molecule has 0 atom stereocenters. The third-order valence-electron chi connectivity index (χ3n) is 3.82. The summed E-state index contributed by atoms with van der Waals surface area (Å²) in [5, 5.41) is 8.95. The van der Waals surface area contributed by atoms with E-state index in [1.807, 2.05) is 13.0 Å².